The lowest BCUT2D eigenvalue weighted by molar-refractivity contribution is -0.116. The predicted molar refractivity (Wildman–Crippen MR) is 136 cm³/mol. The number of carbonyl (C=O) groups excluding carboxylic acids is 2. The minimum atomic E-state index is -0.263. The molecule has 34 heavy (non-hydrogen) atoms. The van der Waals surface area contributed by atoms with Gasteiger partial charge in [-0.2, -0.15) is 0 Å². The van der Waals surface area contributed by atoms with E-state index in [1.54, 1.807) is 19.1 Å². The van der Waals surface area contributed by atoms with Gasteiger partial charge >= 0.3 is 0 Å². The van der Waals surface area contributed by atoms with E-state index in [2.05, 4.69) is 24.1 Å². The molecule has 2 aromatic carbocycles. The van der Waals surface area contributed by atoms with Gasteiger partial charge in [0.05, 0.1) is 0 Å². The van der Waals surface area contributed by atoms with E-state index in [4.69, 9.17) is 0 Å². The molecule has 1 heterocycles. The Hall–Kier alpha value is -2.73. The predicted octanol–water partition coefficient (Wildman–Crippen LogP) is 5.33. The second kappa shape index (κ2) is 12.7. The highest BCUT2D eigenvalue weighted by Gasteiger charge is 2.21. The number of amides is 2. The Labute approximate surface area is 203 Å². The molecule has 0 aromatic heterocycles. The molecule has 2 amide bonds. The Balaban J connectivity index is 1.80. The maximum absolute atomic E-state index is 13.1. The van der Waals surface area contributed by atoms with Crippen molar-refractivity contribution in [1.82, 2.24) is 10.2 Å². The van der Waals surface area contributed by atoms with Crippen LogP contribution in [0, 0.1) is 5.82 Å². The third kappa shape index (κ3) is 7.39. The first kappa shape index (κ1) is 25.9. The van der Waals surface area contributed by atoms with Crippen molar-refractivity contribution < 1.29 is 14.0 Å². The third-order valence-corrected chi connectivity index (χ3v) is 6.56. The van der Waals surface area contributed by atoms with Crippen LogP contribution in [0.4, 0.5) is 10.1 Å². The summed E-state index contributed by atoms with van der Waals surface area (Å²) in [5.74, 6) is -0.367. The van der Waals surface area contributed by atoms with Crippen molar-refractivity contribution in [3.05, 3.63) is 65.0 Å². The molecule has 1 N–H and O–H groups in total. The average Bonchev–Trinajstić information content (AvgIpc) is 2.80. The minimum Gasteiger partial charge on any atom is -0.352 e. The van der Waals surface area contributed by atoms with Crippen molar-refractivity contribution in [2.45, 2.75) is 71.9 Å². The first-order chi connectivity index (χ1) is 16.3. The molecule has 2 aromatic rings. The molecule has 0 atom stereocenters. The van der Waals surface area contributed by atoms with Crippen LogP contribution in [0.2, 0.25) is 0 Å². The molecule has 0 saturated heterocycles. The summed E-state index contributed by atoms with van der Waals surface area (Å²) < 4.78 is 13.1. The molecule has 184 valence electrons. The standard InChI is InChI=1S/C28H38FN3O2/c1-21(2)31-17-7-5-4-6-8-18-32(22(3)33)27-14-11-24(19-25(27)20-31)28(34)30-16-15-23-9-12-26(29)13-10-23/h9-14,19,21H,4-8,15-18,20H2,1-3H3,(H,30,34). The van der Waals surface area contributed by atoms with E-state index >= 15 is 0 Å². The van der Waals surface area contributed by atoms with Crippen LogP contribution in [0.25, 0.3) is 0 Å². The number of fused-ring (bicyclic) bond motifs is 1. The summed E-state index contributed by atoms with van der Waals surface area (Å²) in [6.07, 6.45) is 6.30. The van der Waals surface area contributed by atoms with Gasteiger partial charge in [-0.15, -0.1) is 0 Å². The molecular weight excluding hydrogens is 429 g/mol. The van der Waals surface area contributed by atoms with Gasteiger partial charge in [0.2, 0.25) is 5.91 Å². The van der Waals surface area contributed by atoms with Crippen LogP contribution in [-0.2, 0) is 17.8 Å². The summed E-state index contributed by atoms with van der Waals surface area (Å²) in [6, 6.07) is 12.4. The highest BCUT2D eigenvalue weighted by atomic mass is 19.1. The maximum Gasteiger partial charge on any atom is 0.251 e. The van der Waals surface area contributed by atoms with E-state index in [0.717, 1.165) is 42.6 Å². The van der Waals surface area contributed by atoms with E-state index in [0.29, 0.717) is 37.7 Å². The molecule has 0 radical (unpaired) electrons. The van der Waals surface area contributed by atoms with Crippen LogP contribution in [0.5, 0.6) is 0 Å². The first-order valence-corrected chi connectivity index (χ1v) is 12.5. The summed E-state index contributed by atoms with van der Waals surface area (Å²) in [6.45, 7) is 8.89. The summed E-state index contributed by atoms with van der Waals surface area (Å²) in [4.78, 5) is 29.7. The molecule has 1 aliphatic rings. The van der Waals surface area contributed by atoms with Crippen LogP contribution in [0.1, 0.15) is 74.4 Å². The van der Waals surface area contributed by atoms with Gasteiger partial charge in [0, 0.05) is 43.9 Å². The van der Waals surface area contributed by atoms with Gasteiger partial charge in [-0.3, -0.25) is 14.5 Å². The molecule has 0 saturated carbocycles. The van der Waals surface area contributed by atoms with Crippen molar-refractivity contribution in [3.8, 4) is 0 Å². The maximum atomic E-state index is 13.1. The second-order valence-electron chi connectivity index (χ2n) is 9.48. The Bertz CT molecular complexity index is 959. The fourth-order valence-corrected chi connectivity index (χ4v) is 4.49. The van der Waals surface area contributed by atoms with Crippen molar-refractivity contribution in [1.29, 1.82) is 0 Å². The topological polar surface area (TPSA) is 52.7 Å². The number of halogens is 1. The van der Waals surface area contributed by atoms with Crippen LogP contribution in [-0.4, -0.2) is 42.4 Å². The van der Waals surface area contributed by atoms with Gasteiger partial charge in [-0.1, -0.05) is 31.4 Å². The van der Waals surface area contributed by atoms with E-state index in [9.17, 15) is 14.0 Å². The van der Waals surface area contributed by atoms with Crippen LogP contribution in [0.3, 0.4) is 0 Å². The molecule has 1 aliphatic heterocycles. The van der Waals surface area contributed by atoms with Crippen molar-refractivity contribution in [2.75, 3.05) is 24.5 Å². The fraction of sp³-hybridized carbons (Fsp3) is 0.500. The minimum absolute atomic E-state index is 0.0332. The molecule has 0 bridgehead atoms. The number of rotatable bonds is 5. The highest BCUT2D eigenvalue weighted by molar-refractivity contribution is 5.97. The lowest BCUT2D eigenvalue weighted by atomic mass is 10.0. The zero-order valence-electron chi connectivity index (χ0n) is 20.8. The largest absolute Gasteiger partial charge is 0.352 e. The Morgan fingerprint density at radius 3 is 2.32 bits per heavy atom. The average molecular weight is 468 g/mol. The SMILES string of the molecule is CC(=O)N1CCCCCCCN(C(C)C)Cc2cc(C(=O)NCCc3ccc(F)cc3)ccc21. The van der Waals surface area contributed by atoms with E-state index in [-0.39, 0.29) is 17.6 Å². The Kier molecular flexibility index (Phi) is 9.63. The third-order valence-electron chi connectivity index (χ3n) is 6.56. The second-order valence-corrected chi connectivity index (χ2v) is 9.48. The zero-order chi connectivity index (χ0) is 24.5. The lowest BCUT2D eigenvalue weighted by Gasteiger charge is -2.31. The molecule has 0 unspecified atom stereocenters. The number of benzene rings is 2. The van der Waals surface area contributed by atoms with Gasteiger partial charge in [-0.25, -0.2) is 4.39 Å². The number of nitrogens with one attached hydrogen (secondary N) is 1. The molecule has 6 heteroatoms. The van der Waals surface area contributed by atoms with Gasteiger partial charge in [-0.05, 0) is 81.1 Å². The van der Waals surface area contributed by atoms with E-state index < -0.39 is 0 Å². The van der Waals surface area contributed by atoms with Crippen LogP contribution >= 0.6 is 0 Å². The molecule has 0 fully saturated rings. The zero-order valence-corrected chi connectivity index (χ0v) is 20.8. The van der Waals surface area contributed by atoms with Gasteiger partial charge < -0.3 is 10.2 Å². The normalized spacial score (nSPS) is 15.9. The van der Waals surface area contributed by atoms with E-state index in [1.165, 1.54) is 25.0 Å². The van der Waals surface area contributed by atoms with Crippen molar-refractivity contribution in [2.24, 2.45) is 0 Å². The van der Waals surface area contributed by atoms with Crippen molar-refractivity contribution >= 4 is 17.5 Å². The summed E-state index contributed by atoms with van der Waals surface area (Å²) in [7, 11) is 0. The molecule has 3 rings (SSSR count). The van der Waals surface area contributed by atoms with Crippen LogP contribution in [0.15, 0.2) is 42.5 Å². The lowest BCUT2D eigenvalue weighted by Crippen LogP contribution is -2.35. The number of nitrogens with zero attached hydrogens (tertiary/aromatic N) is 2. The summed E-state index contributed by atoms with van der Waals surface area (Å²) in [5.41, 5.74) is 3.48. The molecule has 0 spiro atoms. The number of anilines is 1. The molecule has 0 aliphatic carbocycles. The van der Waals surface area contributed by atoms with E-state index in [1.807, 2.05) is 23.1 Å². The van der Waals surface area contributed by atoms with Gasteiger partial charge in [0.1, 0.15) is 5.82 Å². The monoisotopic (exact) mass is 467 g/mol. The van der Waals surface area contributed by atoms with Crippen LogP contribution < -0.4 is 10.2 Å². The number of hydrogen-bond acceptors (Lipinski definition) is 3. The number of carbonyl (C=O) groups is 2. The summed E-state index contributed by atoms with van der Waals surface area (Å²) >= 11 is 0. The van der Waals surface area contributed by atoms with Crippen molar-refractivity contribution in [3.63, 3.8) is 0 Å². The van der Waals surface area contributed by atoms with Gasteiger partial charge in [0.15, 0.2) is 0 Å². The quantitative estimate of drug-likeness (QED) is 0.647. The van der Waals surface area contributed by atoms with Gasteiger partial charge in [0.25, 0.3) is 5.91 Å². The summed E-state index contributed by atoms with van der Waals surface area (Å²) in [5, 5.41) is 2.98. The fourth-order valence-electron chi connectivity index (χ4n) is 4.49. The molecule has 5 nitrogen and oxygen atoms in total. The Morgan fingerprint density at radius 2 is 1.65 bits per heavy atom. The Morgan fingerprint density at radius 1 is 0.971 bits per heavy atom. The highest BCUT2D eigenvalue weighted by Crippen LogP contribution is 2.26. The first-order valence-electron chi connectivity index (χ1n) is 12.5. The number of hydrogen-bond donors (Lipinski definition) is 1. The molecular formula is C28H38FN3O2. The smallest absolute Gasteiger partial charge is 0.251 e.